The molecule has 2 heterocycles. The van der Waals surface area contributed by atoms with Crippen LogP contribution in [-0.4, -0.2) is 14.3 Å². The van der Waals surface area contributed by atoms with Crippen LogP contribution in [-0.2, 0) is 27.9 Å². The van der Waals surface area contributed by atoms with Crippen LogP contribution in [0.5, 0.6) is 0 Å². The molecule has 1 aromatic carbocycles. The predicted molar refractivity (Wildman–Crippen MR) is 98.8 cm³/mol. The van der Waals surface area contributed by atoms with Gasteiger partial charge in [-0.05, 0) is 42.5 Å². The Morgan fingerprint density at radius 1 is 0.963 bits per heavy atom. The van der Waals surface area contributed by atoms with E-state index in [1.807, 2.05) is 0 Å². The van der Waals surface area contributed by atoms with E-state index in [0.717, 1.165) is 0 Å². The van der Waals surface area contributed by atoms with Gasteiger partial charge in [0, 0.05) is 6.08 Å². The van der Waals surface area contributed by atoms with Crippen molar-refractivity contribution in [3.8, 4) is 0 Å². The van der Waals surface area contributed by atoms with Crippen molar-refractivity contribution in [3.05, 3.63) is 84.2 Å². The summed E-state index contributed by atoms with van der Waals surface area (Å²) < 4.78 is 37.4. The lowest BCUT2D eigenvalue weighted by Gasteiger charge is -2.04. The van der Waals surface area contributed by atoms with Crippen LogP contribution in [0.2, 0.25) is 0 Å². The van der Waals surface area contributed by atoms with Crippen molar-refractivity contribution < 1.29 is 22.0 Å². The van der Waals surface area contributed by atoms with E-state index < -0.39 is 10.0 Å². The van der Waals surface area contributed by atoms with Crippen molar-refractivity contribution in [3.63, 3.8) is 0 Å². The molecule has 0 aliphatic heterocycles. The zero-order valence-electron chi connectivity index (χ0n) is 14.3. The van der Waals surface area contributed by atoms with Gasteiger partial charge in [-0.25, -0.2) is 13.1 Å². The van der Waals surface area contributed by atoms with Gasteiger partial charge in [-0.3, -0.25) is 4.79 Å². The van der Waals surface area contributed by atoms with E-state index in [0.29, 0.717) is 23.8 Å². The normalized spacial score (nSPS) is 11.7. The van der Waals surface area contributed by atoms with Crippen LogP contribution >= 0.6 is 0 Å². The summed E-state index contributed by atoms with van der Waals surface area (Å²) in [4.78, 5) is 11.9. The van der Waals surface area contributed by atoms with Crippen LogP contribution in [0.25, 0.3) is 6.08 Å². The first kappa shape index (κ1) is 18.7. The number of carbonyl (C=O) groups is 1. The lowest BCUT2D eigenvalue weighted by Crippen LogP contribution is -2.22. The van der Waals surface area contributed by atoms with E-state index in [1.54, 1.807) is 42.5 Å². The highest BCUT2D eigenvalue weighted by molar-refractivity contribution is 7.89. The minimum atomic E-state index is -3.60. The fourth-order valence-electron chi connectivity index (χ4n) is 2.23. The lowest BCUT2D eigenvalue weighted by molar-refractivity contribution is -0.116. The fraction of sp³-hybridized carbons (Fsp3) is 0.105. The van der Waals surface area contributed by atoms with Crippen LogP contribution in [0.1, 0.15) is 17.3 Å². The average Bonchev–Trinajstić information content (AvgIpc) is 3.36. The van der Waals surface area contributed by atoms with Crippen LogP contribution in [0.3, 0.4) is 0 Å². The second-order valence-corrected chi connectivity index (χ2v) is 7.34. The van der Waals surface area contributed by atoms with E-state index >= 15 is 0 Å². The highest BCUT2D eigenvalue weighted by atomic mass is 32.2. The molecule has 0 bridgehead atoms. The standard InChI is InChI=1S/C19H18N2O5S/c22-19(20-13-16-5-4-12-25-16)11-10-15-8-9-17(26-15)14-21-27(23,24)18-6-2-1-3-7-18/h1-12,21H,13-14H2,(H,20,22)/b11-10+. The molecule has 0 spiro atoms. The van der Waals surface area contributed by atoms with E-state index in [9.17, 15) is 13.2 Å². The molecule has 1 amide bonds. The molecule has 27 heavy (non-hydrogen) atoms. The fourth-order valence-corrected chi connectivity index (χ4v) is 3.25. The topological polar surface area (TPSA) is 102 Å². The highest BCUT2D eigenvalue weighted by Gasteiger charge is 2.13. The molecule has 3 aromatic rings. The summed E-state index contributed by atoms with van der Waals surface area (Å²) in [7, 11) is -3.60. The summed E-state index contributed by atoms with van der Waals surface area (Å²) in [6.45, 7) is 0.302. The second kappa shape index (κ2) is 8.52. The molecular formula is C19H18N2O5S. The van der Waals surface area contributed by atoms with Gasteiger partial charge in [0.15, 0.2) is 0 Å². The molecule has 0 aliphatic carbocycles. The van der Waals surface area contributed by atoms with Gasteiger partial charge >= 0.3 is 0 Å². The molecule has 3 rings (SSSR count). The minimum Gasteiger partial charge on any atom is -0.467 e. The molecule has 0 unspecified atom stereocenters. The third kappa shape index (κ3) is 5.44. The van der Waals surface area contributed by atoms with Gasteiger partial charge in [0.2, 0.25) is 15.9 Å². The van der Waals surface area contributed by atoms with Crippen molar-refractivity contribution in [2.75, 3.05) is 0 Å². The Morgan fingerprint density at radius 3 is 2.52 bits per heavy atom. The summed E-state index contributed by atoms with van der Waals surface area (Å²) in [6.07, 6.45) is 4.38. The first-order valence-electron chi connectivity index (χ1n) is 8.15. The molecule has 0 atom stereocenters. The van der Waals surface area contributed by atoms with Crippen LogP contribution < -0.4 is 10.0 Å². The monoisotopic (exact) mass is 386 g/mol. The number of furan rings is 2. The maximum absolute atomic E-state index is 12.2. The van der Waals surface area contributed by atoms with E-state index in [2.05, 4.69) is 10.0 Å². The average molecular weight is 386 g/mol. The Kier molecular flexibility index (Phi) is 5.90. The quantitative estimate of drug-likeness (QED) is 0.580. The predicted octanol–water partition coefficient (Wildman–Crippen LogP) is 2.68. The molecule has 140 valence electrons. The number of rotatable bonds is 8. The number of hydrogen-bond acceptors (Lipinski definition) is 5. The van der Waals surface area contributed by atoms with Crippen LogP contribution in [0.15, 0.2) is 80.7 Å². The maximum atomic E-state index is 12.2. The third-order valence-electron chi connectivity index (χ3n) is 3.59. The molecule has 8 heteroatoms. The Balaban J connectivity index is 1.51. The molecule has 2 N–H and O–H groups in total. The Labute approximate surface area is 156 Å². The lowest BCUT2D eigenvalue weighted by atomic mass is 10.3. The number of benzene rings is 1. The van der Waals surface area contributed by atoms with Crippen LogP contribution in [0, 0.1) is 0 Å². The molecule has 0 aliphatic rings. The van der Waals surface area contributed by atoms with Crippen LogP contribution in [0.4, 0.5) is 0 Å². The van der Waals surface area contributed by atoms with Gasteiger partial charge in [0.25, 0.3) is 0 Å². The van der Waals surface area contributed by atoms with Crippen molar-refractivity contribution in [1.82, 2.24) is 10.0 Å². The highest BCUT2D eigenvalue weighted by Crippen LogP contribution is 2.12. The number of hydrogen-bond donors (Lipinski definition) is 2. The SMILES string of the molecule is O=C(/C=C/c1ccc(CNS(=O)(=O)c2ccccc2)o1)NCc1ccco1. The smallest absolute Gasteiger partial charge is 0.244 e. The number of amides is 1. The van der Waals surface area contributed by atoms with Crippen molar-refractivity contribution in [2.24, 2.45) is 0 Å². The molecule has 0 saturated heterocycles. The maximum Gasteiger partial charge on any atom is 0.244 e. The summed E-state index contributed by atoms with van der Waals surface area (Å²) >= 11 is 0. The van der Waals surface area contributed by atoms with Gasteiger partial charge < -0.3 is 14.2 Å². The summed E-state index contributed by atoms with van der Waals surface area (Å²) in [5.74, 6) is 1.24. The molecule has 2 aromatic heterocycles. The summed E-state index contributed by atoms with van der Waals surface area (Å²) in [5, 5.41) is 2.67. The largest absolute Gasteiger partial charge is 0.467 e. The summed E-state index contributed by atoms with van der Waals surface area (Å²) in [5.41, 5.74) is 0. The van der Waals surface area contributed by atoms with Crippen molar-refractivity contribution >= 4 is 22.0 Å². The molecule has 0 radical (unpaired) electrons. The van der Waals surface area contributed by atoms with E-state index in [4.69, 9.17) is 8.83 Å². The van der Waals surface area contributed by atoms with E-state index in [1.165, 1.54) is 30.5 Å². The van der Waals surface area contributed by atoms with Gasteiger partial charge in [-0.15, -0.1) is 0 Å². The minimum absolute atomic E-state index is 0.00968. The number of nitrogens with one attached hydrogen (secondary N) is 2. The Bertz CT molecular complexity index is 1010. The Morgan fingerprint density at radius 2 is 1.78 bits per heavy atom. The van der Waals surface area contributed by atoms with Crippen molar-refractivity contribution in [2.45, 2.75) is 18.0 Å². The zero-order valence-corrected chi connectivity index (χ0v) is 15.1. The van der Waals surface area contributed by atoms with Gasteiger partial charge in [-0.2, -0.15) is 0 Å². The number of sulfonamides is 1. The molecule has 0 saturated carbocycles. The molecular weight excluding hydrogens is 368 g/mol. The van der Waals surface area contributed by atoms with E-state index in [-0.39, 0.29) is 17.3 Å². The first-order chi connectivity index (χ1) is 13.0. The van der Waals surface area contributed by atoms with Gasteiger partial charge in [0.05, 0.1) is 24.2 Å². The second-order valence-electron chi connectivity index (χ2n) is 5.57. The van der Waals surface area contributed by atoms with Gasteiger partial charge in [-0.1, -0.05) is 18.2 Å². The van der Waals surface area contributed by atoms with Gasteiger partial charge in [0.1, 0.15) is 17.3 Å². The third-order valence-corrected chi connectivity index (χ3v) is 5.01. The molecule has 0 fully saturated rings. The summed E-state index contributed by atoms with van der Waals surface area (Å²) in [6, 6.07) is 14.9. The first-order valence-corrected chi connectivity index (χ1v) is 9.63. The Hall–Kier alpha value is -3.10. The zero-order chi connectivity index (χ0) is 19.1. The number of carbonyl (C=O) groups excluding carboxylic acids is 1. The van der Waals surface area contributed by atoms with Crippen molar-refractivity contribution in [1.29, 1.82) is 0 Å². The molecule has 7 nitrogen and oxygen atoms in total.